The molecule has 0 spiro atoms. The number of pyridine rings is 1. The second-order valence-electron chi connectivity index (χ2n) is 6.87. The lowest BCUT2D eigenvalue weighted by Gasteiger charge is -2.26. The van der Waals surface area contributed by atoms with Crippen LogP contribution in [-0.2, 0) is 10.0 Å². The molecule has 0 atom stereocenters. The topological polar surface area (TPSA) is 132 Å². The zero-order valence-electron chi connectivity index (χ0n) is 16.6. The molecular weight excluding hydrogens is 412 g/mol. The van der Waals surface area contributed by atoms with E-state index in [1.807, 2.05) is 0 Å². The molecule has 30 heavy (non-hydrogen) atoms. The van der Waals surface area contributed by atoms with Crippen LogP contribution in [0.4, 0.5) is 11.4 Å². The summed E-state index contributed by atoms with van der Waals surface area (Å²) in [5, 5.41) is 13.6. The molecule has 1 aromatic carbocycles. The third kappa shape index (κ3) is 4.41. The van der Waals surface area contributed by atoms with Crippen molar-refractivity contribution < 1.29 is 22.9 Å². The van der Waals surface area contributed by atoms with Crippen molar-refractivity contribution >= 4 is 27.3 Å². The highest BCUT2D eigenvalue weighted by molar-refractivity contribution is 7.89. The van der Waals surface area contributed by atoms with Crippen LogP contribution in [0, 0.1) is 17.0 Å². The van der Waals surface area contributed by atoms with Gasteiger partial charge in [-0.1, -0.05) is 6.42 Å². The summed E-state index contributed by atoms with van der Waals surface area (Å²) in [4.78, 5) is 26.8. The average Bonchev–Trinajstić information content (AvgIpc) is 2.74. The van der Waals surface area contributed by atoms with E-state index >= 15 is 0 Å². The summed E-state index contributed by atoms with van der Waals surface area (Å²) in [6, 6.07) is 5.43. The molecule has 3 rings (SSSR count). The van der Waals surface area contributed by atoms with Crippen LogP contribution in [0.15, 0.2) is 35.4 Å². The fraction of sp³-hybridized carbons (Fsp3) is 0.368. The zero-order chi connectivity index (χ0) is 21.9. The largest absolute Gasteiger partial charge is 0.495 e. The molecule has 0 radical (unpaired) electrons. The number of hydrogen-bond acceptors (Lipinski definition) is 7. The van der Waals surface area contributed by atoms with Gasteiger partial charge in [0, 0.05) is 24.8 Å². The van der Waals surface area contributed by atoms with Crippen molar-refractivity contribution in [2.75, 3.05) is 25.5 Å². The summed E-state index contributed by atoms with van der Waals surface area (Å²) in [6.45, 7) is 2.42. The molecule has 1 N–H and O–H groups in total. The number of anilines is 1. The summed E-state index contributed by atoms with van der Waals surface area (Å²) in [5.41, 5.74) is 0.254. The van der Waals surface area contributed by atoms with Crippen molar-refractivity contribution in [1.82, 2.24) is 9.29 Å². The number of sulfonamides is 1. The fourth-order valence-electron chi connectivity index (χ4n) is 3.25. The van der Waals surface area contributed by atoms with Crippen molar-refractivity contribution in [1.29, 1.82) is 0 Å². The minimum Gasteiger partial charge on any atom is -0.495 e. The quantitative estimate of drug-likeness (QED) is 0.546. The maximum absolute atomic E-state index is 13.1. The number of aryl methyl sites for hydroxylation is 1. The minimum absolute atomic E-state index is 0.0282. The van der Waals surface area contributed by atoms with E-state index in [9.17, 15) is 23.3 Å². The Morgan fingerprint density at radius 2 is 1.93 bits per heavy atom. The van der Waals surface area contributed by atoms with E-state index in [-0.39, 0.29) is 27.6 Å². The van der Waals surface area contributed by atoms with E-state index < -0.39 is 20.9 Å². The Labute approximate surface area is 174 Å². The third-order valence-corrected chi connectivity index (χ3v) is 6.80. The number of nitrogens with zero attached hydrogens (tertiary/aromatic N) is 3. The van der Waals surface area contributed by atoms with Gasteiger partial charge in [-0.25, -0.2) is 8.42 Å². The number of nitro groups is 1. The Bertz CT molecular complexity index is 1080. The van der Waals surface area contributed by atoms with Gasteiger partial charge in [0.2, 0.25) is 10.0 Å². The van der Waals surface area contributed by atoms with Crippen LogP contribution in [-0.4, -0.2) is 48.7 Å². The van der Waals surface area contributed by atoms with Crippen LogP contribution in [0.25, 0.3) is 0 Å². The number of ether oxygens (including phenoxy) is 1. The first kappa shape index (κ1) is 21.7. The Kier molecular flexibility index (Phi) is 6.32. The van der Waals surface area contributed by atoms with Crippen LogP contribution in [0.5, 0.6) is 5.75 Å². The molecule has 0 bridgehead atoms. The van der Waals surface area contributed by atoms with Crippen molar-refractivity contribution in [2.24, 2.45) is 0 Å². The summed E-state index contributed by atoms with van der Waals surface area (Å²) in [5.74, 6) is -0.457. The number of rotatable bonds is 6. The Morgan fingerprint density at radius 3 is 2.57 bits per heavy atom. The van der Waals surface area contributed by atoms with Gasteiger partial charge in [0.1, 0.15) is 16.8 Å². The van der Waals surface area contributed by atoms with Gasteiger partial charge in [-0.3, -0.25) is 19.9 Å². The molecule has 1 aliphatic heterocycles. The lowest BCUT2D eigenvalue weighted by molar-refractivity contribution is -0.385. The zero-order valence-corrected chi connectivity index (χ0v) is 17.4. The van der Waals surface area contributed by atoms with Crippen LogP contribution in [0.2, 0.25) is 0 Å². The molecule has 11 heteroatoms. The van der Waals surface area contributed by atoms with Crippen molar-refractivity contribution in [3.8, 4) is 5.75 Å². The van der Waals surface area contributed by atoms with Gasteiger partial charge in [0.15, 0.2) is 0 Å². The highest BCUT2D eigenvalue weighted by Gasteiger charge is 2.29. The summed E-state index contributed by atoms with van der Waals surface area (Å²) in [6.07, 6.45) is 3.63. The smallest absolute Gasteiger partial charge is 0.288 e. The predicted molar refractivity (Wildman–Crippen MR) is 109 cm³/mol. The molecule has 1 saturated heterocycles. The molecule has 1 amide bonds. The van der Waals surface area contributed by atoms with Gasteiger partial charge >= 0.3 is 0 Å². The molecule has 0 saturated carbocycles. The van der Waals surface area contributed by atoms with E-state index in [1.165, 1.54) is 29.6 Å². The first-order valence-electron chi connectivity index (χ1n) is 9.34. The highest BCUT2D eigenvalue weighted by atomic mass is 32.2. The van der Waals surface area contributed by atoms with Gasteiger partial charge < -0.3 is 10.1 Å². The normalized spacial score (nSPS) is 14.9. The molecular formula is C19H22N4O6S. The molecule has 0 aliphatic carbocycles. The van der Waals surface area contributed by atoms with E-state index in [0.29, 0.717) is 18.8 Å². The number of nitrogens with one attached hydrogen (secondary N) is 1. The molecule has 1 aromatic heterocycles. The van der Waals surface area contributed by atoms with E-state index in [0.717, 1.165) is 31.5 Å². The molecule has 1 fully saturated rings. The van der Waals surface area contributed by atoms with Crippen LogP contribution in [0.1, 0.15) is 35.3 Å². The average molecular weight is 434 g/mol. The number of carbonyl (C=O) groups is 1. The second kappa shape index (κ2) is 8.76. The minimum atomic E-state index is -3.80. The molecule has 2 heterocycles. The number of aromatic nitrogens is 1. The number of piperidine rings is 1. The first-order valence-corrected chi connectivity index (χ1v) is 10.8. The first-order chi connectivity index (χ1) is 14.2. The fourth-order valence-corrected chi connectivity index (χ4v) is 4.95. The Morgan fingerprint density at radius 1 is 1.23 bits per heavy atom. The number of benzene rings is 1. The van der Waals surface area contributed by atoms with Crippen molar-refractivity contribution in [3.63, 3.8) is 0 Å². The molecule has 160 valence electrons. The number of amides is 1. The second-order valence-corrected chi connectivity index (χ2v) is 8.77. The Balaban J connectivity index is 1.93. The van der Waals surface area contributed by atoms with Gasteiger partial charge in [-0.15, -0.1) is 0 Å². The number of carbonyl (C=O) groups excluding carboxylic acids is 1. The van der Waals surface area contributed by atoms with E-state index in [1.54, 1.807) is 6.92 Å². The monoisotopic (exact) mass is 434 g/mol. The van der Waals surface area contributed by atoms with Gasteiger partial charge in [0.25, 0.3) is 11.6 Å². The maximum atomic E-state index is 13.1. The number of methoxy groups -OCH3 is 1. The van der Waals surface area contributed by atoms with Crippen LogP contribution >= 0.6 is 0 Å². The van der Waals surface area contributed by atoms with E-state index in [4.69, 9.17) is 4.74 Å². The third-order valence-electron chi connectivity index (χ3n) is 4.88. The van der Waals surface area contributed by atoms with Crippen molar-refractivity contribution in [2.45, 2.75) is 31.1 Å². The summed E-state index contributed by atoms with van der Waals surface area (Å²) in [7, 11) is -2.42. The predicted octanol–water partition coefficient (Wildman–Crippen LogP) is 2.73. The lowest BCUT2D eigenvalue weighted by Crippen LogP contribution is -2.35. The number of hydrogen-bond donors (Lipinski definition) is 1. The standard InChI is InChI=1S/C19H22N4O6S/c1-13-16(11-15(12-20-13)23(25)26)19(24)21-14-6-7-17(29-2)18(10-14)30(27,28)22-8-4-3-5-9-22/h6-7,10-12H,3-5,8-9H2,1-2H3,(H,21,24). The van der Waals surface area contributed by atoms with Crippen LogP contribution in [0.3, 0.4) is 0 Å². The maximum Gasteiger partial charge on any atom is 0.288 e. The molecule has 0 unspecified atom stereocenters. The molecule has 10 nitrogen and oxygen atoms in total. The van der Waals surface area contributed by atoms with E-state index in [2.05, 4.69) is 10.3 Å². The Hall–Kier alpha value is -3.05. The van der Waals surface area contributed by atoms with Gasteiger partial charge in [-0.05, 0) is 38.0 Å². The van der Waals surface area contributed by atoms with Gasteiger partial charge in [0.05, 0.1) is 23.3 Å². The lowest BCUT2D eigenvalue weighted by atomic mass is 10.1. The summed E-state index contributed by atoms with van der Waals surface area (Å²) >= 11 is 0. The molecule has 2 aromatic rings. The van der Waals surface area contributed by atoms with Crippen molar-refractivity contribution in [3.05, 3.63) is 51.8 Å². The van der Waals surface area contributed by atoms with Crippen LogP contribution < -0.4 is 10.1 Å². The highest BCUT2D eigenvalue weighted by Crippen LogP contribution is 2.31. The SMILES string of the molecule is COc1ccc(NC(=O)c2cc([N+](=O)[O-])cnc2C)cc1S(=O)(=O)N1CCCCC1. The molecule has 1 aliphatic rings. The summed E-state index contributed by atoms with van der Waals surface area (Å²) < 4.78 is 32.8. The van der Waals surface area contributed by atoms with Gasteiger partial charge in [-0.2, -0.15) is 4.31 Å².